The highest BCUT2D eigenvalue weighted by Crippen LogP contribution is 2.42. The number of carboxylic acid groups (broad SMARTS) is 1. The molecule has 2 atom stereocenters. The molecule has 0 spiro atoms. The molecule has 0 aliphatic carbocycles. The third kappa shape index (κ3) is 2.66. The van der Waals surface area contributed by atoms with Crippen molar-refractivity contribution in [2.75, 3.05) is 26.3 Å². The molecule has 3 heterocycles. The number of carboxylic acids is 1. The molecule has 0 radical (unpaired) electrons. The van der Waals surface area contributed by atoms with Crippen molar-refractivity contribution in [1.29, 1.82) is 0 Å². The molecule has 26 heavy (non-hydrogen) atoms. The number of hydrogen-bond donors (Lipinski definition) is 1. The largest absolute Gasteiger partial charge is 0.481 e. The summed E-state index contributed by atoms with van der Waals surface area (Å²) in [6, 6.07) is 7.72. The fraction of sp³-hybridized carbons (Fsp3) is 0.444. The first kappa shape index (κ1) is 16.7. The van der Waals surface area contributed by atoms with E-state index in [0.29, 0.717) is 26.2 Å². The van der Waals surface area contributed by atoms with Crippen LogP contribution in [-0.4, -0.2) is 63.2 Å². The number of aryl methyl sites for hydroxylation is 1. The number of aromatic nitrogens is 3. The molecule has 1 aromatic heterocycles. The van der Waals surface area contributed by atoms with Crippen LogP contribution in [0.2, 0.25) is 0 Å². The maximum absolute atomic E-state index is 12.8. The molecule has 2 aromatic rings. The Morgan fingerprint density at radius 3 is 2.96 bits per heavy atom. The highest BCUT2D eigenvalue weighted by Gasteiger charge is 2.55. The molecule has 0 unspecified atom stereocenters. The van der Waals surface area contributed by atoms with E-state index in [2.05, 4.69) is 10.3 Å². The summed E-state index contributed by atoms with van der Waals surface area (Å²) in [5.41, 5.74) is 1.20. The average molecular weight is 356 g/mol. The van der Waals surface area contributed by atoms with Gasteiger partial charge in [0.1, 0.15) is 0 Å². The van der Waals surface area contributed by atoms with Crippen molar-refractivity contribution in [3.63, 3.8) is 0 Å². The Morgan fingerprint density at radius 2 is 2.23 bits per heavy atom. The van der Waals surface area contributed by atoms with Crippen LogP contribution >= 0.6 is 0 Å². The maximum Gasteiger partial charge on any atom is 0.311 e. The lowest BCUT2D eigenvalue weighted by atomic mass is 9.74. The summed E-state index contributed by atoms with van der Waals surface area (Å²) in [7, 11) is 0. The van der Waals surface area contributed by atoms with Crippen LogP contribution in [0.5, 0.6) is 0 Å². The van der Waals surface area contributed by atoms with E-state index < -0.39 is 11.4 Å². The number of fused-ring (bicyclic) bond motifs is 1. The monoisotopic (exact) mass is 356 g/mol. The van der Waals surface area contributed by atoms with E-state index >= 15 is 0 Å². The van der Waals surface area contributed by atoms with E-state index in [-0.39, 0.29) is 24.1 Å². The lowest BCUT2D eigenvalue weighted by Gasteiger charge is -2.33. The summed E-state index contributed by atoms with van der Waals surface area (Å²) in [6.45, 7) is 3.31. The smallest absolute Gasteiger partial charge is 0.311 e. The molecule has 0 bridgehead atoms. The van der Waals surface area contributed by atoms with Crippen LogP contribution in [0.1, 0.15) is 22.5 Å². The van der Waals surface area contributed by atoms with Crippen LogP contribution < -0.4 is 0 Å². The summed E-state index contributed by atoms with van der Waals surface area (Å²) in [6.07, 6.45) is 2.01. The van der Waals surface area contributed by atoms with Crippen molar-refractivity contribution in [2.45, 2.75) is 13.3 Å². The Balaban J connectivity index is 1.56. The van der Waals surface area contributed by atoms with Crippen molar-refractivity contribution >= 4 is 11.9 Å². The van der Waals surface area contributed by atoms with Crippen molar-refractivity contribution in [1.82, 2.24) is 19.9 Å². The molecule has 1 amide bonds. The molecule has 136 valence electrons. The first-order valence-corrected chi connectivity index (χ1v) is 8.59. The summed E-state index contributed by atoms with van der Waals surface area (Å²) >= 11 is 0. The predicted octanol–water partition coefficient (Wildman–Crippen LogP) is 1.14. The zero-order valence-electron chi connectivity index (χ0n) is 14.5. The first-order chi connectivity index (χ1) is 12.5. The molecule has 2 aliphatic heterocycles. The normalized spacial score (nSPS) is 25.1. The second-order valence-corrected chi connectivity index (χ2v) is 7.06. The van der Waals surface area contributed by atoms with Gasteiger partial charge < -0.3 is 14.7 Å². The number of aliphatic carboxylic acids is 1. The number of nitrogens with zero attached hydrogens (tertiary/aromatic N) is 4. The zero-order chi connectivity index (χ0) is 18.3. The van der Waals surface area contributed by atoms with E-state index in [1.165, 1.54) is 0 Å². The van der Waals surface area contributed by atoms with Gasteiger partial charge in [-0.15, -0.1) is 5.10 Å². The first-order valence-electron chi connectivity index (χ1n) is 8.59. The molecule has 0 saturated carbocycles. The van der Waals surface area contributed by atoms with E-state index in [1.807, 2.05) is 31.2 Å². The minimum absolute atomic E-state index is 0.187. The quantitative estimate of drug-likeness (QED) is 0.886. The summed E-state index contributed by atoms with van der Waals surface area (Å²) < 4.78 is 6.99. The van der Waals surface area contributed by atoms with Gasteiger partial charge in [-0.2, -0.15) is 0 Å². The average Bonchev–Trinajstić information content (AvgIpc) is 3.27. The third-order valence-corrected chi connectivity index (χ3v) is 5.40. The lowest BCUT2D eigenvalue weighted by Crippen LogP contribution is -2.45. The number of ether oxygens (including phenoxy) is 1. The van der Waals surface area contributed by atoms with Crippen LogP contribution in [0.3, 0.4) is 0 Å². The Morgan fingerprint density at radius 1 is 1.38 bits per heavy atom. The minimum Gasteiger partial charge on any atom is -0.481 e. The van der Waals surface area contributed by atoms with Gasteiger partial charge in [-0.05, 0) is 31.0 Å². The van der Waals surface area contributed by atoms with Crippen molar-refractivity contribution in [3.8, 4) is 5.69 Å². The predicted molar refractivity (Wildman–Crippen MR) is 91.0 cm³/mol. The molecule has 8 heteroatoms. The molecular formula is C18H20N4O4. The standard InChI is InChI=1S/C18H20N4O4/c1-12-3-2-4-14(7-12)22-9-15(19-20-22)16(23)21-8-13-10-26-6-5-18(13,11-21)17(24)25/h2-4,7,9,13H,5-6,8,10-11H2,1H3,(H,24,25)/t13-,18+/m0/s1. The van der Waals surface area contributed by atoms with Crippen LogP contribution in [0.25, 0.3) is 5.69 Å². The number of hydrogen-bond acceptors (Lipinski definition) is 5. The fourth-order valence-electron chi connectivity index (χ4n) is 3.87. The molecular weight excluding hydrogens is 336 g/mol. The summed E-state index contributed by atoms with van der Waals surface area (Å²) in [4.78, 5) is 26.3. The Kier molecular flexibility index (Phi) is 3.99. The highest BCUT2D eigenvalue weighted by atomic mass is 16.5. The Bertz CT molecular complexity index is 864. The molecule has 2 aliphatic rings. The van der Waals surface area contributed by atoms with Crippen LogP contribution in [0, 0.1) is 18.3 Å². The third-order valence-electron chi connectivity index (χ3n) is 5.40. The molecule has 1 aromatic carbocycles. The van der Waals surface area contributed by atoms with Crippen molar-refractivity contribution < 1.29 is 19.4 Å². The number of rotatable bonds is 3. The van der Waals surface area contributed by atoms with E-state index in [4.69, 9.17) is 4.74 Å². The topological polar surface area (TPSA) is 97.5 Å². The number of likely N-dealkylation sites (tertiary alicyclic amines) is 1. The fourth-order valence-corrected chi connectivity index (χ4v) is 3.87. The number of carbonyl (C=O) groups excluding carboxylic acids is 1. The van der Waals surface area contributed by atoms with Gasteiger partial charge in [0.2, 0.25) is 0 Å². The SMILES string of the molecule is Cc1cccc(-n2cc(C(=O)N3C[C@H]4COCC[C@@]4(C(=O)O)C3)nn2)c1. The van der Waals surface area contributed by atoms with Gasteiger partial charge >= 0.3 is 5.97 Å². The van der Waals surface area contributed by atoms with Gasteiger partial charge in [-0.3, -0.25) is 9.59 Å². The van der Waals surface area contributed by atoms with Gasteiger partial charge in [-0.25, -0.2) is 4.68 Å². The van der Waals surface area contributed by atoms with Gasteiger partial charge in [0.15, 0.2) is 5.69 Å². The van der Waals surface area contributed by atoms with Crippen LogP contribution in [0.15, 0.2) is 30.5 Å². The van der Waals surface area contributed by atoms with Crippen molar-refractivity contribution in [2.24, 2.45) is 11.3 Å². The van der Waals surface area contributed by atoms with Gasteiger partial charge in [0.05, 0.1) is 23.9 Å². The molecule has 2 fully saturated rings. The van der Waals surface area contributed by atoms with E-state index in [1.54, 1.807) is 15.8 Å². The Hall–Kier alpha value is -2.74. The minimum atomic E-state index is -0.916. The van der Waals surface area contributed by atoms with Gasteiger partial charge in [-0.1, -0.05) is 17.3 Å². The number of benzene rings is 1. The number of amides is 1. The molecule has 2 saturated heterocycles. The van der Waals surface area contributed by atoms with Gasteiger partial charge in [0, 0.05) is 25.6 Å². The highest BCUT2D eigenvalue weighted by molar-refractivity contribution is 5.93. The summed E-state index contributed by atoms with van der Waals surface area (Å²) in [5.74, 6) is -1.34. The van der Waals surface area contributed by atoms with Gasteiger partial charge in [0.25, 0.3) is 5.91 Å². The van der Waals surface area contributed by atoms with Crippen LogP contribution in [-0.2, 0) is 9.53 Å². The van der Waals surface area contributed by atoms with E-state index in [0.717, 1.165) is 11.3 Å². The second kappa shape index (κ2) is 6.21. The maximum atomic E-state index is 12.8. The van der Waals surface area contributed by atoms with Crippen molar-refractivity contribution in [3.05, 3.63) is 41.7 Å². The van der Waals surface area contributed by atoms with E-state index in [9.17, 15) is 14.7 Å². The lowest BCUT2D eigenvalue weighted by molar-refractivity contribution is -0.157. The molecule has 1 N–H and O–H groups in total. The van der Waals surface area contributed by atoms with Crippen LogP contribution in [0.4, 0.5) is 0 Å². The second-order valence-electron chi connectivity index (χ2n) is 7.06. The number of carbonyl (C=O) groups is 2. The zero-order valence-corrected chi connectivity index (χ0v) is 14.5. The summed E-state index contributed by atoms with van der Waals surface area (Å²) in [5, 5.41) is 17.8. The Labute approximate surface area is 150 Å². The molecule has 4 rings (SSSR count). The molecule has 8 nitrogen and oxygen atoms in total.